The Kier molecular flexibility index (Phi) is 6.75. The molecule has 0 aliphatic rings. The maximum absolute atomic E-state index is 13.4. The summed E-state index contributed by atoms with van der Waals surface area (Å²) >= 11 is 5.96. The third-order valence-corrected chi connectivity index (χ3v) is 5.88. The van der Waals surface area contributed by atoms with Gasteiger partial charge in [0.15, 0.2) is 0 Å². The minimum atomic E-state index is -0.516. The Labute approximate surface area is 196 Å². The fourth-order valence-electron chi connectivity index (χ4n) is 3.85. The van der Waals surface area contributed by atoms with E-state index >= 15 is 0 Å². The van der Waals surface area contributed by atoms with Crippen molar-refractivity contribution in [2.45, 2.75) is 26.6 Å². The Hall–Kier alpha value is -3.64. The van der Waals surface area contributed by atoms with Crippen molar-refractivity contribution in [3.63, 3.8) is 0 Å². The highest BCUT2D eigenvalue weighted by Crippen LogP contribution is 2.12. The van der Waals surface area contributed by atoms with Crippen LogP contribution < -0.4 is 11.2 Å². The van der Waals surface area contributed by atoms with E-state index in [4.69, 9.17) is 11.6 Å². The van der Waals surface area contributed by atoms with Gasteiger partial charge in [0.1, 0.15) is 6.54 Å². The normalized spacial score (nSPS) is 11.0. The van der Waals surface area contributed by atoms with Crippen LogP contribution in [-0.4, -0.2) is 26.5 Å². The lowest BCUT2D eigenvalue weighted by Gasteiger charge is -2.22. The monoisotopic (exact) mass is 461 g/mol. The molecule has 0 aliphatic carbocycles. The second kappa shape index (κ2) is 9.88. The van der Waals surface area contributed by atoms with Gasteiger partial charge in [0, 0.05) is 18.1 Å². The van der Waals surface area contributed by atoms with Crippen molar-refractivity contribution in [1.82, 2.24) is 14.0 Å². The number of carbonyl (C=O) groups excluding carboxylic acids is 1. The first kappa shape index (κ1) is 22.6. The van der Waals surface area contributed by atoms with Gasteiger partial charge in [-0.15, -0.1) is 0 Å². The molecule has 0 unspecified atom stereocenters. The molecule has 0 radical (unpaired) electrons. The zero-order chi connectivity index (χ0) is 23.4. The average molecular weight is 462 g/mol. The van der Waals surface area contributed by atoms with Crippen molar-refractivity contribution in [2.75, 3.05) is 6.54 Å². The van der Waals surface area contributed by atoms with Crippen LogP contribution >= 0.6 is 11.6 Å². The molecular weight excluding hydrogens is 438 g/mol. The summed E-state index contributed by atoms with van der Waals surface area (Å²) in [6.07, 6.45) is 0. The molecule has 0 saturated heterocycles. The van der Waals surface area contributed by atoms with Crippen LogP contribution in [0.5, 0.6) is 0 Å². The summed E-state index contributed by atoms with van der Waals surface area (Å²) in [7, 11) is 0. The molecule has 4 rings (SSSR count). The Bertz CT molecular complexity index is 1390. The summed E-state index contributed by atoms with van der Waals surface area (Å²) in [5, 5.41) is 0.968. The van der Waals surface area contributed by atoms with Gasteiger partial charge in [0.2, 0.25) is 5.91 Å². The summed E-state index contributed by atoms with van der Waals surface area (Å²) in [4.78, 5) is 41.4. The Morgan fingerprint density at radius 1 is 0.848 bits per heavy atom. The summed E-state index contributed by atoms with van der Waals surface area (Å²) in [6, 6.07) is 23.6. The largest absolute Gasteiger partial charge is 0.337 e. The second-order valence-corrected chi connectivity index (χ2v) is 8.23. The number of halogens is 1. The van der Waals surface area contributed by atoms with Gasteiger partial charge >= 0.3 is 5.69 Å². The lowest BCUT2D eigenvalue weighted by atomic mass is 10.2. The van der Waals surface area contributed by atoms with Gasteiger partial charge in [-0.3, -0.25) is 18.7 Å². The summed E-state index contributed by atoms with van der Waals surface area (Å²) < 4.78 is 2.56. The third kappa shape index (κ3) is 4.91. The summed E-state index contributed by atoms with van der Waals surface area (Å²) in [6.45, 7) is 2.80. The van der Waals surface area contributed by atoms with Crippen LogP contribution in [0.2, 0.25) is 5.02 Å². The minimum absolute atomic E-state index is 0.0926. The molecule has 3 aromatic carbocycles. The van der Waals surface area contributed by atoms with Crippen LogP contribution in [0.15, 0.2) is 88.5 Å². The van der Waals surface area contributed by atoms with Gasteiger partial charge in [-0.05, 0) is 42.3 Å². The molecule has 1 heterocycles. The van der Waals surface area contributed by atoms with Crippen molar-refractivity contribution >= 4 is 28.4 Å². The predicted molar refractivity (Wildman–Crippen MR) is 131 cm³/mol. The molecule has 0 fully saturated rings. The molecule has 0 saturated carbocycles. The van der Waals surface area contributed by atoms with Crippen molar-refractivity contribution in [1.29, 1.82) is 0 Å². The number of hydrogen-bond acceptors (Lipinski definition) is 3. The minimum Gasteiger partial charge on any atom is -0.337 e. The van der Waals surface area contributed by atoms with Crippen LogP contribution in [0.1, 0.15) is 18.1 Å². The highest BCUT2D eigenvalue weighted by molar-refractivity contribution is 6.30. The van der Waals surface area contributed by atoms with E-state index in [0.29, 0.717) is 29.0 Å². The predicted octanol–water partition coefficient (Wildman–Crippen LogP) is 3.91. The standard InChI is InChI=1S/C26H24ClN3O3/c1-2-28(16-19-8-4-3-5-9-19)24(31)18-29-23-11-7-6-10-22(23)25(32)30(26(29)33)17-20-12-14-21(27)15-13-20/h3-15H,2,16-18H2,1H3. The quantitative estimate of drug-likeness (QED) is 0.419. The summed E-state index contributed by atoms with van der Waals surface area (Å²) in [5.74, 6) is -0.190. The number of benzene rings is 3. The smallest absolute Gasteiger partial charge is 0.332 e. The molecule has 0 spiro atoms. The molecule has 0 N–H and O–H groups in total. The van der Waals surface area contributed by atoms with E-state index in [9.17, 15) is 14.4 Å². The Morgan fingerprint density at radius 3 is 2.21 bits per heavy atom. The fraction of sp³-hybridized carbons (Fsp3) is 0.192. The number of aromatic nitrogens is 2. The van der Waals surface area contributed by atoms with E-state index in [1.165, 1.54) is 9.13 Å². The van der Waals surface area contributed by atoms with Crippen LogP contribution in [0.3, 0.4) is 0 Å². The van der Waals surface area contributed by atoms with E-state index in [0.717, 1.165) is 11.1 Å². The molecule has 33 heavy (non-hydrogen) atoms. The summed E-state index contributed by atoms with van der Waals surface area (Å²) in [5.41, 5.74) is 1.33. The maximum Gasteiger partial charge on any atom is 0.332 e. The van der Waals surface area contributed by atoms with Crippen molar-refractivity contribution in [3.8, 4) is 0 Å². The molecule has 4 aromatic rings. The van der Waals surface area contributed by atoms with Crippen LogP contribution in [0.4, 0.5) is 0 Å². The maximum atomic E-state index is 13.4. The van der Waals surface area contributed by atoms with Gasteiger partial charge in [-0.1, -0.05) is 66.2 Å². The lowest BCUT2D eigenvalue weighted by molar-refractivity contribution is -0.132. The average Bonchev–Trinajstić information content (AvgIpc) is 2.84. The first-order valence-electron chi connectivity index (χ1n) is 10.8. The Morgan fingerprint density at radius 2 is 1.52 bits per heavy atom. The zero-order valence-electron chi connectivity index (χ0n) is 18.3. The van der Waals surface area contributed by atoms with E-state index in [1.54, 1.807) is 53.4 Å². The van der Waals surface area contributed by atoms with Crippen molar-refractivity contribution in [2.24, 2.45) is 0 Å². The molecule has 0 bridgehead atoms. The second-order valence-electron chi connectivity index (χ2n) is 7.80. The third-order valence-electron chi connectivity index (χ3n) is 5.63. The molecule has 1 aromatic heterocycles. The van der Waals surface area contributed by atoms with Crippen LogP contribution in [0.25, 0.3) is 10.9 Å². The zero-order valence-corrected chi connectivity index (χ0v) is 19.0. The van der Waals surface area contributed by atoms with Gasteiger partial charge in [-0.2, -0.15) is 0 Å². The molecule has 7 heteroatoms. The van der Waals surface area contributed by atoms with Crippen LogP contribution in [-0.2, 0) is 24.4 Å². The fourth-order valence-corrected chi connectivity index (χ4v) is 3.98. The van der Waals surface area contributed by atoms with E-state index < -0.39 is 5.69 Å². The first-order chi connectivity index (χ1) is 16.0. The molecule has 1 amide bonds. The number of para-hydroxylation sites is 1. The number of carbonyl (C=O) groups is 1. The topological polar surface area (TPSA) is 64.3 Å². The molecule has 168 valence electrons. The van der Waals surface area contributed by atoms with E-state index in [2.05, 4.69) is 0 Å². The van der Waals surface area contributed by atoms with E-state index in [-0.39, 0.29) is 24.6 Å². The Balaban J connectivity index is 1.73. The lowest BCUT2D eigenvalue weighted by Crippen LogP contribution is -2.43. The number of likely N-dealkylation sites (N-methyl/N-ethyl adjacent to an activating group) is 1. The molecule has 0 aliphatic heterocycles. The number of nitrogens with zero attached hydrogens (tertiary/aromatic N) is 3. The highest BCUT2D eigenvalue weighted by atomic mass is 35.5. The SMILES string of the molecule is CCN(Cc1ccccc1)C(=O)Cn1c(=O)n(Cc2ccc(Cl)cc2)c(=O)c2ccccc21. The van der Waals surface area contributed by atoms with E-state index in [1.807, 2.05) is 37.3 Å². The highest BCUT2D eigenvalue weighted by Gasteiger charge is 2.18. The number of rotatable bonds is 7. The van der Waals surface area contributed by atoms with Gasteiger partial charge in [0.25, 0.3) is 5.56 Å². The number of amides is 1. The number of hydrogen-bond donors (Lipinski definition) is 0. The van der Waals surface area contributed by atoms with Gasteiger partial charge < -0.3 is 4.90 Å². The van der Waals surface area contributed by atoms with Gasteiger partial charge in [0.05, 0.1) is 17.4 Å². The molecular formula is C26H24ClN3O3. The van der Waals surface area contributed by atoms with Crippen molar-refractivity contribution in [3.05, 3.63) is 116 Å². The van der Waals surface area contributed by atoms with Crippen LogP contribution in [0, 0.1) is 0 Å². The number of fused-ring (bicyclic) bond motifs is 1. The first-order valence-corrected chi connectivity index (χ1v) is 11.1. The molecule has 6 nitrogen and oxygen atoms in total. The van der Waals surface area contributed by atoms with Crippen molar-refractivity contribution < 1.29 is 4.79 Å². The molecule has 0 atom stereocenters. The van der Waals surface area contributed by atoms with Gasteiger partial charge in [-0.25, -0.2) is 4.79 Å².